The monoisotopic (exact) mass is 170 g/mol. The molecule has 64 valence electrons. The minimum absolute atomic E-state index is 0.344. The molecule has 0 spiro atoms. The summed E-state index contributed by atoms with van der Waals surface area (Å²) in [5.41, 5.74) is 0. The molecule has 4 nitrogen and oxygen atoms in total. The lowest BCUT2D eigenvalue weighted by molar-refractivity contribution is 0.287. The van der Waals surface area contributed by atoms with Crippen molar-refractivity contribution >= 4 is 10.1 Å². The van der Waals surface area contributed by atoms with Crippen molar-refractivity contribution in [1.82, 2.24) is 0 Å². The second-order valence-corrected chi connectivity index (χ2v) is 3.28. The van der Waals surface area contributed by atoms with Crippen molar-refractivity contribution in [1.29, 1.82) is 0 Å². The van der Waals surface area contributed by atoms with Gasteiger partial charge >= 0.3 is 0 Å². The van der Waals surface area contributed by atoms with Crippen LogP contribution >= 0.6 is 0 Å². The van der Waals surface area contributed by atoms with Crippen LogP contribution in [-0.2, 0) is 10.1 Å². The summed E-state index contributed by atoms with van der Waals surface area (Å²) in [5, 5.41) is 8.07. The smallest absolute Gasteiger partial charge is 0.261 e. The van der Waals surface area contributed by atoms with Gasteiger partial charge in [-0.05, 0) is 6.42 Å². The lowest BCUT2D eigenvalue weighted by Gasteiger charge is -1.79. The van der Waals surface area contributed by atoms with Crippen LogP contribution in [0.5, 0.6) is 0 Å². The Labute approximate surface area is 61.6 Å². The zero-order valence-electron chi connectivity index (χ0n) is 6.24. The summed E-state index contributed by atoms with van der Waals surface area (Å²) >= 11 is 0. The first kappa shape index (κ1) is 12.5. The van der Waals surface area contributed by atoms with E-state index in [2.05, 4.69) is 6.92 Å². The van der Waals surface area contributed by atoms with E-state index in [1.54, 1.807) is 0 Å². The molecule has 0 saturated heterocycles. The number of rotatable bonds is 2. The summed E-state index contributed by atoms with van der Waals surface area (Å²) in [6.45, 7) is 2.40. The van der Waals surface area contributed by atoms with Crippen molar-refractivity contribution < 1.29 is 18.1 Å². The molecule has 0 unspecified atom stereocenters. The fraction of sp³-hybridized carbons (Fsp3) is 1.00. The van der Waals surface area contributed by atoms with Crippen LogP contribution in [0, 0.1) is 0 Å². The van der Waals surface area contributed by atoms with Gasteiger partial charge in [-0.2, -0.15) is 8.42 Å². The van der Waals surface area contributed by atoms with Crippen LogP contribution in [0.2, 0.25) is 0 Å². The Bertz CT molecular complexity index is 128. The van der Waals surface area contributed by atoms with Crippen LogP contribution in [0.3, 0.4) is 0 Å². The Hall–Kier alpha value is -0.130. The lowest BCUT2D eigenvalue weighted by atomic mass is 10.4. The van der Waals surface area contributed by atoms with Gasteiger partial charge in [-0.1, -0.05) is 13.3 Å². The predicted octanol–water partition coefficient (Wildman–Crippen LogP) is 0.283. The Morgan fingerprint density at radius 1 is 1.40 bits per heavy atom. The van der Waals surface area contributed by atoms with Gasteiger partial charge in [-0.25, -0.2) is 0 Å². The van der Waals surface area contributed by atoms with Crippen molar-refractivity contribution in [2.45, 2.75) is 19.8 Å². The molecule has 2 N–H and O–H groups in total. The molecule has 0 amide bonds. The topological polar surface area (TPSA) is 74.6 Å². The maximum atomic E-state index is 9.19. The van der Waals surface area contributed by atoms with Gasteiger partial charge in [0.25, 0.3) is 10.1 Å². The maximum Gasteiger partial charge on any atom is 0.261 e. The zero-order chi connectivity index (χ0) is 8.62. The van der Waals surface area contributed by atoms with Crippen molar-refractivity contribution in [3.63, 3.8) is 0 Å². The fourth-order valence-electron chi connectivity index (χ4n) is 0.158. The van der Waals surface area contributed by atoms with Crippen LogP contribution in [0.4, 0.5) is 0 Å². The molecule has 0 aliphatic heterocycles. The molecule has 0 radical (unpaired) electrons. The van der Waals surface area contributed by atoms with Crippen molar-refractivity contribution in [3.8, 4) is 0 Å². The van der Waals surface area contributed by atoms with E-state index in [0.717, 1.165) is 12.8 Å². The first-order chi connectivity index (χ1) is 4.41. The molecule has 0 bridgehead atoms. The Kier molecular flexibility index (Phi) is 8.75. The predicted molar refractivity (Wildman–Crippen MR) is 39.5 cm³/mol. The van der Waals surface area contributed by atoms with Crippen LogP contribution in [0.1, 0.15) is 19.8 Å². The molecular weight excluding hydrogens is 156 g/mol. The van der Waals surface area contributed by atoms with Crippen LogP contribution in [0.25, 0.3) is 0 Å². The van der Waals surface area contributed by atoms with E-state index in [1.165, 1.54) is 0 Å². The van der Waals surface area contributed by atoms with Gasteiger partial charge in [-0.15, -0.1) is 0 Å². The number of hydrogen-bond acceptors (Lipinski definition) is 3. The molecule has 0 aliphatic carbocycles. The summed E-state index contributed by atoms with van der Waals surface area (Å²) in [7, 11) is -3.67. The second-order valence-electron chi connectivity index (χ2n) is 1.81. The van der Waals surface area contributed by atoms with E-state index in [-0.39, 0.29) is 0 Å². The first-order valence-electron chi connectivity index (χ1n) is 2.95. The van der Waals surface area contributed by atoms with Crippen LogP contribution in [0.15, 0.2) is 0 Å². The van der Waals surface area contributed by atoms with Gasteiger partial charge in [0.1, 0.15) is 0 Å². The third-order valence-electron chi connectivity index (χ3n) is 0.512. The highest BCUT2D eigenvalue weighted by atomic mass is 32.2. The molecule has 5 heteroatoms. The van der Waals surface area contributed by atoms with Crippen LogP contribution in [-0.4, -0.2) is 30.9 Å². The van der Waals surface area contributed by atoms with E-state index >= 15 is 0 Å². The third-order valence-corrected chi connectivity index (χ3v) is 0.512. The van der Waals surface area contributed by atoms with Gasteiger partial charge in [0.15, 0.2) is 0 Å². The molecule has 0 aromatic carbocycles. The number of unbranched alkanes of at least 4 members (excludes halogenated alkanes) is 1. The highest BCUT2D eigenvalue weighted by Crippen LogP contribution is 1.78. The Balaban J connectivity index is 0. The molecule has 0 aromatic rings. The second kappa shape index (κ2) is 6.98. The van der Waals surface area contributed by atoms with Crippen molar-refractivity contribution in [2.24, 2.45) is 0 Å². The zero-order valence-corrected chi connectivity index (χ0v) is 7.06. The molecular formula is C5H14O4S. The molecule has 0 atom stereocenters. The summed E-state index contributed by atoms with van der Waals surface area (Å²) in [6, 6.07) is 0. The fourth-order valence-corrected chi connectivity index (χ4v) is 0.158. The van der Waals surface area contributed by atoms with Crippen molar-refractivity contribution in [3.05, 3.63) is 0 Å². The number of aliphatic hydroxyl groups is 1. The summed E-state index contributed by atoms with van der Waals surface area (Å²) < 4.78 is 25.9. The average molecular weight is 170 g/mol. The van der Waals surface area contributed by atoms with Gasteiger partial charge in [0, 0.05) is 6.61 Å². The molecule has 0 aromatic heterocycles. The molecule has 10 heavy (non-hydrogen) atoms. The largest absolute Gasteiger partial charge is 0.396 e. The molecule has 0 fully saturated rings. The van der Waals surface area contributed by atoms with Crippen molar-refractivity contribution in [2.75, 3.05) is 12.9 Å². The standard InChI is InChI=1S/C4H10O.CH4O3S/c1-2-3-4-5;1-5(2,3)4/h5H,2-4H2,1H3;1H3,(H,2,3,4). The van der Waals surface area contributed by atoms with E-state index < -0.39 is 10.1 Å². The maximum absolute atomic E-state index is 9.19. The Morgan fingerprint density at radius 2 is 1.70 bits per heavy atom. The SMILES string of the molecule is CCCCO.CS(=O)(=O)O. The van der Waals surface area contributed by atoms with Gasteiger partial charge in [0.2, 0.25) is 0 Å². The van der Waals surface area contributed by atoms with E-state index in [9.17, 15) is 8.42 Å². The van der Waals surface area contributed by atoms with E-state index in [1.807, 2.05) is 0 Å². The Morgan fingerprint density at radius 3 is 1.70 bits per heavy atom. The lowest BCUT2D eigenvalue weighted by Crippen LogP contribution is -1.88. The summed E-state index contributed by atoms with van der Waals surface area (Å²) in [6.07, 6.45) is 2.75. The highest BCUT2D eigenvalue weighted by molar-refractivity contribution is 7.85. The summed E-state index contributed by atoms with van der Waals surface area (Å²) in [4.78, 5) is 0. The average Bonchev–Trinajstić information content (AvgIpc) is 1.63. The van der Waals surface area contributed by atoms with Gasteiger partial charge in [0.05, 0.1) is 6.26 Å². The van der Waals surface area contributed by atoms with E-state index in [4.69, 9.17) is 9.66 Å². The summed E-state index contributed by atoms with van der Waals surface area (Å²) in [5.74, 6) is 0. The molecule has 0 heterocycles. The molecule has 0 saturated carbocycles. The number of aliphatic hydroxyl groups excluding tert-OH is 1. The van der Waals surface area contributed by atoms with Crippen LogP contribution < -0.4 is 0 Å². The molecule has 0 aliphatic rings. The number of hydrogen-bond donors (Lipinski definition) is 2. The van der Waals surface area contributed by atoms with Gasteiger partial charge < -0.3 is 5.11 Å². The quantitative estimate of drug-likeness (QED) is 0.584. The highest BCUT2D eigenvalue weighted by Gasteiger charge is 1.81. The normalized spacial score (nSPS) is 10.0. The first-order valence-corrected chi connectivity index (χ1v) is 4.80. The van der Waals surface area contributed by atoms with E-state index in [0.29, 0.717) is 12.9 Å². The minimum Gasteiger partial charge on any atom is -0.396 e. The molecule has 0 rings (SSSR count). The minimum atomic E-state index is -3.67. The third kappa shape index (κ3) is 106. The van der Waals surface area contributed by atoms with Gasteiger partial charge in [-0.3, -0.25) is 4.55 Å².